The van der Waals surface area contributed by atoms with Crippen molar-refractivity contribution in [1.29, 1.82) is 0 Å². The Morgan fingerprint density at radius 2 is 1.78 bits per heavy atom. The first-order chi connectivity index (χ1) is 12.8. The maximum atomic E-state index is 13.2. The summed E-state index contributed by atoms with van der Waals surface area (Å²) in [6, 6.07) is 5.38. The van der Waals surface area contributed by atoms with Gasteiger partial charge in [0.25, 0.3) is 11.8 Å². The molecule has 1 saturated carbocycles. The van der Waals surface area contributed by atoms with E-state index in [9.17, 15) is 9.59 Å². The largest absolute Gasteiger partial charge is 0.365 e. The number of halogens is 1. The predicted molar refractivity (Wildman–Crippen MR) is 108 cm³/mol. The lowest BCUT2D eigenvalue weighted by Gasteiger charge is -2.29. The number of rotatable bonds is 2. The van der Waals surface area contributed by atoms with E-state index in [0.717, 1.165) is 37.5 Å². The van der Waals surface area contributed by atoms with Gasteiger partial charge in [-0.05, 0) is 51.8 Å². The molecule has 0 radical (unpaired) electrons. The molecule has 5 nitrogen and oxygen atoms in total. The molecule has 2 aliphatic rings. The first-order valence-electron chi connectivity index (χ1n) is 9.55. The minimum atomic E-state index is -0.277. The van der Waals surface area contributed by atoms with Crippen molar-refractivity contribution in [1.82, 2.24) is 9.88 Å². The second-order valence-electron chi connectivity index (χ2n) is 8.52. The average molecular weight is 386 g/mol. The first kappa shape index (κ1) is 18.2. The highest BCUT2D eigenvalue weighted by Crippen LogP contribution is 2.37. The maximum Gasteiger partial charge on any atom is 0.280 e. The zero-order valence-electron chi connectivity index (χ0n) is 15.9. The average Bonchev–Trinajstić information content (AvgIpc) is 2.85. The third kappa shape index (κ3) is 3.18. The molecule has 142 valence electrons. The van der Waals surface area contributed by atoms with Crippen molar-refractivity contribution in [3.63, 3.8) is 0 Å². The number of imide groups is 1. The van der Waals surface area contributed by atoms with Gasteiger partial charge < -0.3 is 5.32 Å². The summed E-state index contributed by atoms with van der Waals surface area (Å²) in [7, 11) is 0. The SMILES string of the molecule is CC(C)(C)Nc1nc2c(c3cc(Cl)ccc13)C(=O)N(C1CCCCC1)C2=O. The van der Waals surface area contributed by atoms with Crippen LogP contribution in [0.2, 0.25) is 5.02 Å². The van der Waals surface area contributed by atoms with Crippen molar-refractivity contribution >= 4 is 40.0 Å². The van der Waals surface area contributed by atoms with Crippen LogP contribution in [-0.4, -0.2) is 33.3 Å². The van der Waals surface area contributed by atoms with Crippen LogP contribution in [0.25, 0.3) is 10.8 Å². The molecule has 6 heteroatoms. The number of carbonyl (C=O) groups excluding carboxylic acids is 2. The minimum Gasteiger partial charge on any atom is -0.365 e. The fourth-order valence-corrected chi connectivity index (χ4v) is 4.28. The zero-order valence-corrected chi connectivity index (χ0v) is 16.7. The molecule has 0 bridgehead atoms. The summed E-state index contributed by atoms with van der Waals surface area (Å²) in [6.07, 6.45) is 5.01. The smallest absolute Gasteiger partial charge is 0.280 e. The Hall–Kier alpha value is -2.14. The number of fused-ring (bicyclic) bond motifs is 3. The molecule has 1 aromatic heterocycles. The molecule has 1 fully saturated rings. The molecule has 0 atom stereocenters. The van der Waals surface area contributed by atoms with Gasteiger partial charge in [-0.15, -0.1) is 0 Å². The molecule has 0 saturated heterocycles. The van der Waals surface area contributed by atoms with Gasteiger partial charge >= 0.3 is 0 Å². The van der Waals surface area contributed by atoms with Crippen LogP contribution < -0.4 is 5.32 Å². The quantitative estimate of drug-likeness (QED) is 0.736. The van der Waals surface area contributed by atoms with E-state index in [1.54, 1.807) is 12.1 Å². The van der Waals surface area contributed by atoms with Crippen LogP contribution in [0.4, 0.5) is 5.82 Å². The minimum absolute atomic E-state index is 0.0267. The molecule has 4 rings (SSSR count). The number of anilines is 1. The highest BCUT2D eigenvalue weighted by molar-refractivity contribution is 6.33. The predicted octanol–water partition coefficient (Wildman–Crippen LogP) is 5.03. The molecule has 27 heavy (non-hydrogen) atoms. The molecular weight excluding hydrogens is 362 g/mol. The van der Waals surface area contributed by atoms with Gasteiger partial charge in [0.15, 0.2) is 0 Å². The van der Waals surface area contributed by atoms with E-state index < -0.39 is 0 Å². The highest BCUT2D eigenvalue weighted by Gasteiger charge is 2.43. The Bertz CT molecular complexity index is 943. The number of carbonyl (C=O) groups is 2. The van der Waals surface area contributed by atoms with Gasteiger partial charge in [-0.2, -0.15) is 0 Å². The second kappa shape index (κ2) is 6.48. The Labute approximate surface area is 164 Å². The number of nitrogens with one attached hydrogen (secondary N) is 1. The number of amides is 2. The van der Waals surface area contributed by atoms with Gasteiger partial charge in [-0.3, -0.25) is 14.5 Å². The summed E-state index contributed by atoms with van der Waals surface area (Å²) in [6.45, 7) is 6.10. The Kier molecular flexibility index (Phi) is 4.38. The summed E-state index contributed by atoms with van der Waals surface area (Å²) in [5.74, 6) is 0.101. The molecular formula is C21H24ClN3O2. The topological polar surface area (TPSA) is 62.3 Å². The molecule has 2 heterocycles. The van der Waals surface area contributed by atoms with Gasteiger partial charge in [-0.25, -0.2) is 4.98 Å². The van der Waals surface area contributed by atoms with E-state index in [2.05, 4.69) is 10.3 Å². The first-order valence-corrected chi connectivity index (χ1v) is 9.93. The number of aromatic nitrogens is 1. The fourth-order valence-electron chi connectivity index (χ4n) is 4.10. The van der Waals surface area contributed by atoms with Gasteiger partial charge in [0, 0.05) is 27.4 Å². The molecule has 0 unspecified atom stereocenters. The van der Waals surface area contributed by atoms with E-state index in [-0.39, 0.29) is 29.1 Å². The number of pyridine rings is 1. The molecule has 1 N–H and O–H groups in total. The lowest BCUT2D eigenvalue weighted by atomic mass is 9.94. The highest BCUT2D eigenvalue weighted by atomic mass is 35.5. The van der Waals surface area contributed by atoms with Crippen LogP contribution in [0.5, 0.6) is 0 Å². The van der Waals surface area contributed by atoms with E-state index >= 15 is 0 Å². The third-order valence-corrected chi connectivity index (χ3v) is 5.49. The van der Waals surface area contributed by atoms with E-state index in [1.807, 2.05) is 26.8 Å². The number of hydrogen-bond donors (Lipinski definition) is 1. The molecule has 1 aliphatic carbocycles. The normalized spacial score (nSPS) is 18.3. The van der Waals surface area contributed by atoms with Crippen molar-refractivity contribution in [2.75, 3.05) is 5.32 Å². The summed E-state index contributed by atoms with van der Waals surface area (Å²) in [4.78, 5) is 32.4. The van der Waals surface area contributed by atoms with Crippen LogP contribution >= 0.6 is 11.6 Å². The van der Waals surface area contributed by atoms with E-state index in [4.69, 9.17) is 11.6 Å². The van der Waals surface area contributed by atoms with Gasteiger partial charge in [0.1, 0.15) is 11.5 Å². The molecule has 2 amide bonds. The Morgan fingerprint density at radius 1 is 1.07 bits per heavy atom. The van der Waals surface area contributed by atoms with Gasteiger partial charge in [-0.1, -0.05) is 30.9 Å². The summed E-state index contributed by atoms with van der Waals surface area (Å²) < 4.78 is 0. The Balaban J connectivity index is 1.89. The van der Waals surface area contributed by atoms with Crippen LogP contribution in [0.3, 0.4) is 0 Å². The summed E-state index contributed by atoms with van der Waals surface area (Å²) in [5, 5.41) is 5.40. The number of hydrogen-bond acceptors (Lipinski definition) is 4. The lowest BCUT2D eigenvalue weighted by Crippen LogP contribution is -2.41. The summed E-state index contributed by atoms with van der Waals surface area (Å²) in [5.41, 5.74) is 0.400. The van der Waals surface area contributed by atoms with Gasteiger partial charge in [0.2, 0.25) is 0 Å². The van der Waals surface area contributed by atoms with E-state index in [0.29, 0.717) is 21.8 Å². The summed E-state index contributed by atoms with van der Waals surface area (Å²) >= 11 is 6.22. The molecule has 0 spiro atoms. The van der Waals surface area contributed by atoms with Crippen molar-refractivity contribution in [3.8, 4) is 0 Å². The second-order valence-corrected chi connectivity index (χ2v) is 8.96. The maximum absolute atomic E-state index is 13.2. The molecule has 1 aliphatic heterocycles. The van der Waals surface area contributed by atoms with Gasteiger partial charge in [0.05, 0.1) is 5.56 Å². The van der Waals surface area contributed by atoms with Crippen molar-refractivity contribution in [3.05, 3.63) is 34.5 Å². The van der Waals surface area contributed by atoms with Crippen molar-refractivity contribution in [2.45, 2.75) is 64.5 Å². The molecule has 2 aromatic rings. The fraction of sp³-hybridized carbons (Fsp3) is 0.476. The Morgan fingerprint density at radius 3 is 2.44 bits per heavy atom. The van der Waals surface area contributed by atoms with Crippen molar-refractivity contribution in [2.24, 2.45) is 0 Å². The van der Waals surface area contributed by atoms with Crippen LogP contribution in [-0.2, 0) is 0 Å². The standard InChI is InChI=1S/C21H24ClN3O2/c1-21(2,3)24-18-14-10-9-12(22)11-15(14)16-17(23-18)20(27)25(19(16)26)13-7-5-4-6-8-13/h9-11,13H,4-8H2,1-3H3,(H,23,24). The molecule has 1 aromatic carbocycles. The number of nitrogens with zero attached hydrogens (tertiary/aromatic N) is 2. The third-order valence-electron chi connectivity index (χ3n) is 5.25. The number of benzene rings is 1. The van der Waals surface area contributed by atoms with Crippen LogP contribution in [0, 0.1) is 0 Å². The van der Waals surface area contributed by atoms with Crippen molar-refractivity contribution < 1.29 is 9.59 Å². The van der Waals surface area contributed by atoms with E-state index in [1.165, 1.54) is 4.90 Å². The lowest BCUT2D eigenvalue weighted by molar-refractivity contribution is 0.0547. The van der Waals surface area contributed by atoms with Crippen LogP contribution in [0.1, 0.15) is 73.7 Å². The monoisotopic (exact) mass is 385 g/mol. The zero-order chi connectivity index (χ0) is 19.3. The van der Waals surface area contributed by atoms with Crippen LogP contribution in [0.15, 0.2) is 18.2 Å².